The average Bonchev–Trinajstić information content (AvgIpc) is 2.86. The second-order valence-electron chi connectivity index (χ2n) is 11.7. The van der Waals surface area contributed by atoms with Gasteiger partial charge in [-0.25, -0.2) is 4.79 Å². The molecule has 36 heavy (non-hydrogen) atoms. The molecule has 3 heterocycles. The van der Waals surface area contributed by atoms with E-state index in [-0.39, 0.29) is 30.1 Å². The zero-order valence-corrected chi connectivity index (χ0v) is 22.2. The summed E-state index contributed by atoms with van der Waals surface area (Å²) in [7, 11) is 1.69. The smallest absolute Gasteiger partial charge is 0.410 e. The van der Waals surface area contributed by atoms with Crippen molar-refractivity contribution >= 4 is 6.09 Å². The first-order valence-corrected chi connectivity index (χ1v) is 13.2. The number of likely N-dealkylation sites (tertiary alicyclic amines) is 1. The van der Waals surface area contributed by atoms with Crippen LogP contribution in [0.5, 0.6) is 11.5 Å². The highest BCUT2D eigenvalue weighted by molar-refractivity contribution is 5.68. The number of hydrogen-bond donors (Lipinski definition) is 0. The molecule has 0 N–H and O–H groups in total. The van der Waals surface area contributed by atoms with E-state index in [0.717, 1.165) is 42.7 Å². The summed E-state index contributed by atoms with van der Waals surface area (Å²) in [4.78, 5) is 14.7. The average molecular weight is 494 g/mol. The number of ether oxygens (including phenoxy) is 4. The summed E-state index contributed by atoms with van der Waals surface area (Å²) in [6.07, 6.45) is 3.37. The lowest BCUT2D eigenvalue weighted by molar-refractivity contribution is -0.191. The third kappa shape index (κ3) is 4.93. The molecular weight excluding hydrogens is 454 g/mol. The van der Waals surface area contributed by atoms with Crippen molar-refractivity contribution in [3.8, 4) is 11.5 Å². The van der Waals surface area contributed by atoms with Gasteiger partial charge in [-0.3, -0.25) is 0 Å². The van der Waals surface area contributed by atoms with Crippen LogP contribution in [0.2, 0.25) is 0 Å². The van der Waals surface area contributed by atoms with Gasteiger partial charge in [0.1, 0.15) is 11.2 Å². The first kappa shape index (κ1) is 24.9. The van der Waals surface area contributed by atoms with Crippen molar-refractivity contribution in [2.75, 3.05) is 20.2 Å². The van der Waals surface area contributed by atoms with E-state index in [2.05, 4.69) is 37.3 Å². The molecule has 0 aromatic heterocycles. The number of para-hydroxylation sites is 1. The highest BCUT2D eigenvalue weighted by Gasteiger charge is 2.54. The number of methoxy groups -OCH3 is 1. The van der Waals surface area contributed by atoms with Crippen molar-refractivity contribution in [2.24, 2.45) is 11.8 Å². The van der Waals surface area contributed by atoms with Crippen LogP contribution in [0.15, 0.2) is 48.5 Å². The summed E-state index contributed by atoms with van der Waals surface area (Å²) in [5.74, 6) is 1.98. The summed E-state index contributed by atoms with van der Waals surface area (Å²) in [5, 5.41) is 0. The van der Waals surface area contributed by atoms with E-state index in [1.54, 1.807) is 7.11 Å². The third-order valence-electron chi connectivity index (χ3n) is 7.97. The van der Waals surface area contributed by atoms with E-state index in [1.807, 2.05) is 43.9 Å². The first-order chi connectivity index (χ1) is 17.2. The van der Waals surface area contributed by atoms with Crippen LogP contribution in [0.25, 0.3) is 0 Å². The Balaban J connectivity index is 1.42. The van der Waals surface area contributed by atoms with Gasteiger partial charge in [0, 0.05) is 30.5 Å². The lowest BCUT2D eigenvalue weighted by Gasteiger charge is -2.54. The van der Waals surface area contributed by atoms with E-state index >= 15 is 0 Å². The Morgan fingerprint density at radius 1 is 1.14 bits per heavy atom. The SMILES string of the molecule is COc1cccc2c1O[C@](C)(CCc1ccccc1)[C@@H]1C[C@@H]3CN(C(=O)OC(C)(C)C)CC[C@H]3O[C@@H]21. The van der Waals surface area contributed by atoms with Gasteiger partial charge >= 0.3 is 6.09 Å². The molecule has 6 heteroatoms. The molecule has 2 aromatic carbocycles. The van der Waals surface area contributed by atoms with E-state index in [9.17, 15) is 4.79 Å². The molecule has 5 rings (SSSR count). The van der Waals surface area contributed by atoms with Crippen LogP contribution in [0, 0.1) is 11.8 Å². The Hall–Kier alpha value is -2.73. The van der Waals surface area contributed by atoms with Gasteiger partial charge < -0.3 is 23.8 Å². The number of carbonyl (C=O) groups is 1. The maximum atomic E-state index is 12.8. The van der Waals surface area contributed by atoms with Crippen LogP contribution in [-0.4, -0.2) is 48.5 Å². The third-order valence-corrected chi connectivity index (χ3v) is 7.97. The molecule has 0 spiro atoms. The maximum Gasteiger partial charge on any atom is 0.410 e. The Morgan fingerprint density at radius 3 is 2.64 bits per heavy atom. The zero-order chi connectivity index (χ0) is 25.5. The predicted octanol–water partition coefficient (Wildman–Crippen LogP) is 6.18. The Labute approximate surface area is 214 Å². The van der Waals surface area contributed by atoms with Crippen LogP contribution in [0.4, 0.5) is 4.79 Å². The molecule has 2 aromatic rings. The molecule has 0 unspecified atom stereocenters. The lowest BCUT2D eigenvalue weighted by Crippen LogP contribution is -2.57. The Bertz CT molecular complexity index is 1080. The summed E-state index contributed by atoms with van der Waals surface area (Å²) >= 11 is 0. The number of rotatable bonds is 4. The van der Waals surface area contributed by atoms with Crippen molar-refractivity contribution in [3.05, 3.63) is 59.7 Å². The van der Waals surface area contributed by atoms with Gasteiger partial charge in [-0.15, -0.1) is 0 Å². The second kappa shape index (κ2) is 9.62. The standard InChI is InChI=1S/C30H39NO5/c1-29(2,3)36-28(32)31-17-15-24-21(19-31)18-23-26(34-24)22-12-9-13-25(33-5)27(22)35-30(23,4)16-14-20-10-7-6-8-11-20/h6-13,21,23-24,26H,14-19H2,1-5H3/t21-,23-,24-,26+,30-/m1/s1. The molecular formula is C30H39NO5. The fraction of sp³-hybridized carbons (Fsp3) is 0.567. The molecule has 194 valence electrons. The van der Waals surface area contributed by atoms with Crippen LogP contribution in [-0.2, 0) is 15.9 Å². The van der Waals surface area contributed by atoms with E-state index < -0.39 is 11.2 Å². The molecule has 3 aliphatic heterocycles. The van der Waals surface area contributed by atoms with E-state index in [4.69, 9.17) is 18.9 Å². The molecule has 0 radical (unpaired) electrons. The minimum atomic E-state index is -0.502. The molecule has 3 aliphatic rings. The van der Waals surface area contributed by atoms with E-state index in [1.165, 1.54) is 5.56 Å². The number of nitrogens with zero attached hydrogens (tertiary/aromatic N) is 1. The summed E-state index contributed by atoms with van der Waals surface area (Å²) in [6, 6.07) is 16.7. The molecule has 6 nitrogen and oxygen atoms in total. The highest BCUT2D eigenvalue weighted by Crippen LogP contribution is 2.56. The van der Waals surface area contributed by atoms with Crippen LogP contribution < -0.4 is 9.47 Å². The van der Waals surface area contributed by atoms with Gasteiger partial charge in [0.15, 0.2) is 11.5 Å². The largest absolute Gasteiger partial charge is 0.493 e. The monoisotopic (exact) mass is 493 g/mol. The van der Waals surface area contributed by atoms with Gasteiger partial charge in [-0.2, -0.15) is 0 Å². The van der Waals surface area contributed by atoms with Crippen molar-refractivity contribution in [1.82, 2.24) is 4.90 Å². The maximum absolute atomic E-state index is 12.8. The number of amides is 1. The van der Waals surface area contributed by atoms with Crippen LogP contribution >= 0.6 is 0 Å². The van der Waals surface area contributed by atoms with Crippen molar-refractivity contribution in [2.45, 2.75) is 76.8 Å². The van der Waals surface area contributed by atoms with Gasteiger partial charge in [-0.05, 0) is 65.0 Å². The van der Waals surface area contributed by atoms with Gasteiger partial charge in [0.2, 0.25) is 0 Å². The molecule has 2 fully saturated rings. The van der Waals surface area contributed by atoms with Gasteiger partial charge in [0.25, 0.3) is 0 Å². The minimum Gasteiger partial charge on any atom is -0.493 e. The topological polar surface area (TPSA) is 57.2 Å². The molecule has 1 amide bonds. The number of hydrogen-bond acceptors (Lipinski definition) is 5. The van der Waals surface area contributed by atoms with Gasteiger partial charge in [0.05, 0.1) is 19.3 Å². The number of aryl methyl sites for hydroxylation is 1. The number of benzene rings is 2. The Morgan fingerprint density at radius 2 is 1.92 bits per heavy atom. The predicted molar refractivity (Wildman–Crippen MR) is 138 cm³/mol. The molecule has 0 saturated carbocycles. The number of fused-ring (bicyclic) bond motifs is 4. The van der Waals surface area contributed by atoms with Crippen LogP contribution in [0.1, 0.15) is 64.2 Å². The number of carbonyl (C=O) groups excluding carboxylic acids is 1. The van der Waals surface area contributed by atoms with E-state index in [0.29, 0.717) is 13.1 Å². The van der Waals surface area contributed by atoms with Crippen molar-refractivity contribution in [3.63, 3.8) is 0 Å². The minimum absolute atomic E-state index is 0.0565. The molecule has 0 bridgehead atoms. The normalized spacial score (nSPS) is 29.3. The summed E-state index contributed by atoms with van der Waals surface area (Å²) in [6.45, 7) is 9.27. The van der Waals surface area contributed by atoms with Crippen molar-refractivity contribution in [1.29, 1.82) is 0 Å². The highest BCUT2D eigenvalue weighted by atomic mass is 16.6. The second-order valence-corrected chi connectivity index (χ2v) is 11.7. The lowest BCUT2D eigenvalue weighted by atomic mass is 9.68. The molecule has 2 saturated heterocycles. The molecule has 5 atom stereocenters. The van der Waals surface area contributed by atoms with Crippen molar-refractivity contribution < 1.29 is 23.7 Å². The quantitative estimate of drug-likeness (QED) is 0.509. The fourth-order valence-electron chi connectivity index (χ4n) is 6.11. The zero-order valence-electron chi connectivity index (χ0n) is 22.2. The Kier molecular flexibility index (Phi) is 6.67. The van der Waals surface area contributed by atoms with Gasteiger partial charge in [-0.1, -0.05) is 42.5 Å². The fourth-order valence-corrected chi connectivity index (χ4v) is 6.11. The molecule has 0 aliphatic carbocycles. The summed E-state index contributed by atoms with van der Waals surface area (Å²) in [5.41, 5.74) is 1.44. The van der Waals surface area contributed by atoms with Crippen LogP contribution in [0.3, 0.4) is 0 Å². The summed E-state index contributed by atoms with van der Waals surface area (Å²) < 4.78 is 25.1. The number of piperidine rings is 1. The first-order valence-electron chi connectivity index (χ1n) is 13.2.